The molecule has 33 heteroatoms. The number of nitrogens with two attached hydrogens (primary N) is 1. The molecule has 0 bridgehead atoms. The lowest BCUT2D eigenvalue weighted by molar-refractivity contribution is -0.0493. The number of rotatable bonds is 19. The van der Waals surface area contributed by atoms with Crippen LogP contribution in [0.15, 0.2) is 36.7 Å². The van der Waals surface area contributed by atoms with Gasteiger partial charge in [-0.05, 0) is 43.2 Å². The first kappa shape index (κ1) is 52.9. The number of unbranched alkanes of at least 4 members (excludes halogenated alkanes) is 3. The molecule has 388 valence electrons. The van der Waals surface area contributed by atoms with E-state index in [1.807, 2.05) is 0 Å². The number of aromatic nitrogens is 4. The number of carbonyl (C=O) groups excluding carboxylic acids is 2. The summed E-state index contributed by atoms with van der Waals surface area (Å²) < 4.78 is 76.9. The van der Waals surface area contributed by atoms with Gasteiger partial charge in [0.05, 0.1) is 37.5 Å². The van der Waals surface area contributed by atoms with Gasteiger partial charge in [-0.25, -0.2) is 33.4 Å². The molecule has 1 fully saturated rings. The smallest absolute Gasteiger partial charge is 0.490 e. The summed E-state index contributed by atoms with van der Waals surface area (Å²) in [6, 6.07) is 7.08. The fraction of sp³-hybridized carbons (Fsp3) is 0.359. The van der Waals surface area contributed by atoms with Gasteiger partial charge in [0.25, 0.3) is 5.91 Å². The number of imidazole rings is 1. The van der Waals surface area contributed by atoms with E-state index in [0.29, 0.717) is 25.7 Å². The predicted octanol–water partition coefficient (Wildman–Crippen LogP) is 4.08. The van der Waals surface area contributed by atoms with Crippen LogP contribution in [0.1, 0.15) is 69.3 Å². The number of aliphatic hydroxyl groups is 2. The maximum absolute atomic E-state index is 13.7. The standard InChI is InChI=1S/C39H42Cl2N7O21P3/c1-62-21-12-19-31(24(40)27(21)49)66-32-20(13-22(63-2)28(50)25(32)41)39(19)18-11-16(7-8-17(18)37(54)67-39)35(53)43-9-5-3-4-6-10-44-38-47-26-33(42)45-15-46-34(26)48(38)36-30(52)29(51)23(65-36)14-64-71(58,59)69-72(60,61)68-70(55,56)57/h7-8,11-13,15,23,29-30,36,49-52H,3-6,9-10,14H2,1-2H3,(H,43,53)(H,44,47)(H,58,59)(H,60,61)(H2,42,45,46)(H2,55,56,57)/t23-,29-,30-,36-/m1/s1. The van der Waals surface area contributed by atoms with Gasteiger partial charge in [0.2, 0.25) is 5.95 Å². The van der Waals surface area contributed by atoms with Crippen LogP contribution in [0.5, 0.6) is 34.5 Å². The molecule has 0 radical (unpaired) electrons. The summed E-state index contributed by atoms with van der Waals surface area (Å²) >= 11 is 13.2. The van der Waals surface area contributed by atoms with Gasteiger partial charge in [-0.1, -0.05) is 36.0 Å². The first-order valence-corrected chi connectivity index (χ1v) is 26.3. The second kappa shape index (κ2) is 20.1. The number of phenols is 2. The highest BCUT2D eigenvalue weighted by atomic mass is 35.5. The first-order valence-electron chi connectivity index (χ1n) is 21.0. The fourth-order valence-corrected chi connectivity index (χ4v) is 11.7. The number of aromatic hydroxyl groups is 2. The van der Waals surface area contributed by atoms with E-state index in [0.717, 1.165) is 6.33 Å². The number of esters is 1. The Morgan fingerprint density at radius 1 is 0.861 bits per heavy atom. The summed E-state index contributed by atoms with van der Waals surface area (Å²) in [5, 5.41) is 48.8. The van der Waals surface area contributed by atoms with E-state index >= 15 is 0 Å². The molecule has 12 N–H and O–H groups in total. The number of amides is 1. The summed E-state index contributed by atoms with van der Waals surface area (Å²) in [5.41, 5.74) is 4.88. The van der Waals surface area contributed by atoms with Crippen LogP contribution in [-0.4, -0.2) is 124 Å². The molecule has 28 nitrogen and oxygen atoms in total. The molecule has 3 aliphatic rings. The van der Waals surface area contributed by atoms with E-state index in [9.17, 15) is 53.5 Å². The number of halogens is 2. The van der Waals surface area contributed by atoms with Crippen molar-refractivity contribution in [1.29, 1.82) is 0 Å². The van der Waals surface area contributed by atoms with Crippen LogP contribution in [0, 0.1) is 0 Å². The second-order valence-corrected chi connectivity index (χ2v) is 21.1. The van der Waals surface area contributed by atoms with E-state index in [2.05, 4.69) is 38.7 Å². The summed E-state index contributed by atoms with van der Waals surface area (Å²) in [6.07, 6.45) is -3.30. The zero-order valence-electron chi connectivity index (χ0n) is 37.1. The van der Waals surface area contributed by atoms with Crippen molar-refractivity contribution in [3.05, 3.63) is 74.5 Å². The van der Waals surface area contributed by atoms with Crippen molar-refractivity contribution in [1.82, 2.24) is 24.8 Å². The molecule has 8 rings (SSSR count). The number of hydrogen-bond donors (Lipinski definition) is 11. The lowest BCUT2D eigenvalue weighted by Crippen LogP contribution is -2.34. The largest absolute Gasteiger partial charge is 0.503 e. The van der Waals surface area contributed by atoms with Crippen LogP contribution in [0.2, 0.25) is 10.0 Å². The quantitative estimate of drug-likeness (QED) is 0.0315. The maximum atomic E-state index is 13.7. The second-order valence-electron chi connectivity index (χ2n) is 15.9. The van der Waals surface area contributed by atoms with Crippen LogP contribution < -0.4 is 30.6 Å². The summed E-state index contributed by atoms with van der Waals surface area (Å²) in [4.78, 5) is 76.7. The highest BCUT2D eigenvalue weighted by molar-refractivity contribution is 7.66. The Morgan fingerprint density at radius 3 is 2.10 bits per heavy atom. The van der Waals surface area contributed by atoms with Crippen LogP contribution in [-0.2, 0) is 41.9 Å². The van der Waals surface area contributed by atoms with Gasteiger partial charge in [0, 0.05) is 24.2 Å². The number of ether oxygens (including phenoxy) is 5. The van der Waals surface area contributed by atoms with Gasteiger partial charge in [-0.3, -0.25) is 13.9 Å². The van der Waals surface area contributed by atoms with Gasteiger partial charge in [0.1, 0.15) is 34.7 Å². The third-order valence-electron chi connectivity index (χ3n) is 11.4. The van der Waals surface area contributed by atoms with Gasteiger partial charge in [-0.15, -0.1) is 0 Å². The Morgan fingerprint density at radius 2 is 1.49 bits per heavy atom. The maximum Gasteiger partial charge on any atom is 0.490 e. The molecule has 72 heavy (non-hydrogen) atoms. The Kier molecular flexibility index (Phi) is 14.8. The third kappa shape index (κ3) is 10.0. The van der Waals surface area contributed by atoms with Crippen LogP contribution in [0.3, 0.4) is 0 Å². The molecule has 1 saturated heterocycles. The van der Waals surface area contributed by atoms with Gasteiger partial charge >= 0.3 is 29.4 Å². The number of nitrogens with zero attached hydrogens (tertiary/aromatic N) is 4. The summed E-state index contributed by atoms with van der Waals surface area (Å²) in [6.45, 7) is -0.559. The Labute approximate surface area is 414 Å². The molecule has 5 heterocycles. The number of hydrogen-bond acceptors (Lipinski definition) is 22. The number of nitrogen functional groups attached to an aromatic ring is 1. The number of benzene rings is 3. The number of phosphoric ester groups is 1. The van der Waals surface area contributed by atoms with Crippen LogP contribution in [0.4, 0.5) is 11.8 Å². The van der Waals surface area contributed by atoms with Crippen molar-refractivity contribution < 1.29 is 100 Å². The molecule has 1 amide bonds. The minimum Gasteiger partial charge on any atom is -0.503 e. The van der Waals surface area contributed by atoms with E-state index in [4.69, 9.17) is 62.4 Å². The van der Waals surface area contributed by atoms with Crippen molar-refractivity contribution in [2.24, 2.45) is 0 Å². The number of carbonyl (C=O) groups is 2. The topological polar surface area (TPSA) is 415 Å². The number of nitrogens with one attached hydrogen (secondary N) is 2. The Bertz CT molecular complexity index is 3080. The van der Waals surface area contributed by atoms with E-state index in [1.54, 1.807) is 0 Å². The van der Waals surface area contributed by atoms with E-state index in [1.165, 1.54) is 49.1 Å². The fourth-order valence-electron chi connectivity index (χ4n) is 8.23. The van der Waals surface area contributed by atoms with Crippen LogP contribution in [0.25, 0.3) is 11.2 Å². The Balaban J connectivity index is 0.905. The number of anilines is 2. The lowest BCUT2D eigenvalue weighted by atomic mass is 9.77. The molecule has 0 saturated carbocycles. The highest BCUT2D eigenvalue weighted by Crippen LogP contribution is 2.67. The molecule has 3 aromatic carbocycles. The summed E-state index contributed by atoms with van der Waals surface area (Å²) in [7, 11) is -14.5. The van der Waals surface area contributed by atoms with Crippen molar-refractivity contribution in [2.45, 2.75) is 55.8 Å². The van der Waals surface area contributed by atoms with E-state index < -0.39 is 83.6 Å². The van der Waals surface area contributed by atoms with Crippen molar-refractivity contribution in [3.63, 3.8) is 0 Å². The van der Waals surface area contributed by atoms with Crippen molar-refractivity contribution >= 4 is 81.5 Å². The molecular formula is C39H42Cl2N7O21P3. The molecule has 0 aliphatic carbocycles. The predicted molar refractivity (Wildman–Crippen MR) is 246 cm³/mol. The number of methoxy groups -OCH3 is 2. The third-order valence-corrected chi connectivity index (χ3v) is 15.9. The molecular weight excluding hydrogens is 1070 g/mol. The number of fused-ring (bicyclic) bond motifs is 7. The number of phosphoric acid groups is 3. The molecule has 3 aliphatic heterocycles. The molecule has 1 spiro atoms. The van der Waals surface area contributed by atoms with Crippen molar-refractivity contribution in [3.8, 4) is 34.5 Å². The monoisotopic (exact) mass is 1110 g/mol. The van der Waals surface area contributed by atoms with Gasteiger partial charge < -0.3 is 80.1 Å². The Hall–Kier alpha value is -5.38. The minimum absolute atomic E-state index is 0.0421. The normalized spacial score (nSPS) is 20.4. The average molecular weight is 1110 g/mol. The first-order chi connectivity index (χ1) is 33.9. The lowest BCUT2D eigenvalue weighted by Gasteiger charge is -2.37. The number of phenolic OH excluding ortho intramolecular Hbond substituents is 2. The minimum atomic E-state index is -5.84. The zero-order chi connectivity index (χ0) is 52.2. The summed E-state index contributed by atoms with van der Waals surface area (Å²) in [5.74, 6) is -2.77. The molecule has 2 aromatic heterocycles. The number of aliphatic hydroxyl groups excluding tert-OH is 2. The average Bonchev–Trinajstić information content (AvgIpc) is 3.93. The van der Waals surface area contributed by atoms with Crippen LogP contribution >= 0.6 is 46.7 Å². The van der Waals surface area contributed by atoms with E-state index in [-0.39, 0.29) is 96.9 Å². The molecule has 6 atom stereocenters. The van der Waals surface area contributed by atoms with Gasteiger partial charge in [-0.2, -0.15) is 8.62 Å². The van der Waals surface area contributed by atoms with Gasteiger partial charge in [0.15, 0.2) is 63.3 Å². The van der Waals surface area contributed by atoms with Crippen molar-refractivity contribution in [2.75, 3.05) is 45.0 Å². The molecule has 2 unspecified atom stereocenters. The highest BCUT2D eigenvalue weighted by Gasteiger charge is 2.56. The SMILES string of the molecule is COc1cc2c(c(Cl)c1O)Oc1c(cc(OC)c(O)c1Cl)C21OC(=O)c2ccc(C(=O)NCCCCCCNc3nc4c(N)ncnc4n3[C@@H]3O[C@H](COP(=O)(O)OP(=O)(O)OP(=O)(O)O)[C@@H](O)[C@H]3O)cc21. The molecule has 5 aromatic rings. The zero-order valence-corrected chi connectivity index (χ0v) is 41.3.